The quantitative estimate of drug-likeness (QED) is 0.799. The number of aliphatic hydroxyl groups is 1. The van der Waals surface area contributed by atoms with Gasteiger partial charge in [-0.15, -0.1) is 0 Å². The van der Waals surface area contributed by atoms with Gasteiger partial charge in [-0.3, -0.25) is 4.57 Å². The van der Waals surface area contributed by atoms with Crippen LogP contribution in [-0.2, 0) is 0 Å². The van der Waals surface area contributed by atoms with Crippen LogP contribution in [0.4, 0.5) is 0 Å². The van der Waals surface area contributed by atoms with E-state index < -0.39 is 6.23 Å². The van der Waals surface area contributed by atoms with Crippen LogP contribution in [0.5, 0.6) is 0 Å². The van der Waals surface area contributed by atoms with Crippen LogP contribution in [0.25, 0.3) is 11.2 Å². The van der Waals surface area contributed by atoms with E-state index in [2.05, 4.69) is 21.9 Å². The summed E-state index contributed by atoms with van der Waals surface area (Å²) in [6, 6.07) is 0. The van der Waals surface area contributed by atoms with Gasteiger partial charge in [0.25, 0.3) is 0 Å². The molecular formula is C10H14N4OS. The average Bonchev–Trinajstić information content (AvgIpc) is 2.73. The minimum Gasteiger partial charge on any atom is -0.372 e. The van der Waals surface area contributed by atoms with Gasteiger partial charge in [0, 0.05) is 5.75 Å². The van der Waals surface area contributed by atoms with Gasteiger partial charge in [-0.05, 0) is 12.2 Å². The van der Waals surface area contributed by atoms with E-state index in [0.717, 1.165) is 12.2 Å². The number of imidazole rings is 1. The largest absolute Gasteiger partial charge is 0.372 e. The summed E-state index contributed by atoms with van der Waals surface area (Å²) in [5.41, 5.74) is 1.39. The van der Waals surface area contributed by atoms with Crippen LogP contribution in [0, 0.1) is 0 Å². The van der Waals surface area contributed by atoms with E-state index >= 15 is 0 Å². The van der Waals surface area contributed by atoms with Gasteiger partial charge >= 0.3 is 0 Å². The third-order valence-corrected chi connectivity index (χ3v) is 3.41. The minimum absolute atomic E-state index is 0.573. The van der Waals surface area contributed by atoms with Crippen LogP contribution in [0.2, 0.25) is 0 Å². The maximum Gasteiger partial charge on any atom is 0.165 e. The molecule has 86 valence electrons. The fraction of sp³-hybridized carbons (Fsp3) is 0.500. The molecule has 0 bridgehead atoms. The van der Waals surface area contributed by atoms with Gasteiger partial charge in [0.05, 0.1) is 12.5 Å². The maximum absolute atomic E-state index is 9.98. The number of thioether (sulfide) groups is 1. The molecule has 0 amide bonds. The van der Waals surface area contributed by atoms with Gasteiger partial charge in [-0.1, -0.05) is 6.92 Å². The van der Waals surface area contributed by atoms with Crippen molar-refractivity contribution < 1.29 is 5.11 Å². The molecule has 2 aromatic rings. The summed E-state index contributed by atoms with van der Waals surface area (Å²) >= 11 is 1.73. The predicted octanol–water partition coefficient (Wildman–Crippen LogP) is 1.46. The fourth-order valence-corrected chi connectivity index (χ4v) is 2.24. The Kier molecular flexibility index (Phi) is 3.74. The molecule has 5 nitrogen and oxygen atoms in total. The summed E-state index contributed by atoms with van der Waals surface area (Å²) in [6.07, 6.45) is 5.26. The van der Waals surface area contributed by atoms with Gasteiger partial charge in [-0.25, -0.2) is 15.0 Å². The van der Waals surface area contributed by atoms with Crippen molar-refractivity contribution in [3.8, 4) is 0 Å². The van der Waals surface area contributed by atoms with Gasteiger partial charge in [0.15, 0.2) is 5.65 Å². The summed E-state index contributed by atoms with van der Waals surface area (Å²) in [6.45, 7) is 2.12. The number of hydrogen-bond acceptors (Lipinski definition) is 5. The van der Waals surface area contributed by atoms with Gasteiger partial charge in [-0.2, -0.15) is 11.8 Å². The lowest BCUT2D eigenvalue weighted by molar-refractivity contribution is 0.133. The van der Waals surface area contributed by atoms with Crippen molar-refractivity contribution >= 4 is 22.9 Å². The Morgan fingerprint density at radius 2 is 2.38 bits per heavy atom. The first kappa shape index (κ1) is 11.3. The second kappa shape index (κ2) is 5.27. The zero-order valence-corrected chi connectivity index (χ0v) is 9.89. The van der Waals surface area contributed by atoms with E-state index in [1.807, 2.05) is 0 Å². The monoisotopic (exact) mass is 238 g/mol. The summed E-state index contributed by atoms with van der Waals surface area (Å²) in [5, 5.41) is 9.98. The normalized spacial score (nSPS) is 13.1. The molecule has 0 aliphatic heterocycles. The molecule has 1 unspecified atom stereocenters. The smallest absolute Gasteiger partial charge is 0.165 e. The van der Waals surface area contributed by atoms with Crippen LogP contribution in [0.1, 0.15) is 19.6 Å². The van der Waals surface area contributed by atoms with E-state index in [1.165, 1.54) is 6.33 Å². The molecule has 0 aliphatic carbocycles. The molecule has 0 aliphatic rings. The number of rotatable bonds is 5. The minimum atomic E-state index is -0.573. The zero-order chi connectivity index (χ0) is 11.4. The summed E-state index contributed by atoms with van der Waals surface area (Å²) in [4.78, 5) is 12.1. The Morgan fingerprint density at radius 3 is 3.19 bits per heavy atom. The Balaban J connectivity index is 2.13. The molecule has 0 spiro atoms. The first-order valence-electron chi connectivity index (χ1n) is 5.21. The van der Waals surface area contributed by atoms with E-state index in [1.54, 1.807) is 28.9 Å². The van der Waals surface area contributed by atoms with Crippen LogP contribution < -0.4 is 0 Å². The topological polar surface area (TPSA) is 63.8 Å². The maximum atomic E-state index is 9.98. The number of nitrogens with zero attached hydrogens (tertiary/aromatic N) is 4. The number of aromatic nitrogens is 4. The Hall–Kier alpha value is -1.14. The molecule has 16 heavy (non-hydrogen) atoms. The zero-order valence-electron chi connectivity index (χ0n) is 9.08. The lowest BCUT2D eigenvalue weighted by Gasteiger charge is -2.11. The summed E-state index contributed by atoms with van der Waals surface area (Å²) in [5.74, 6) is 1.71. The van der Waals surface area contributed by atoms with Crippen molar-refractivity contribution in [1.82, 2.24) is 19.5 Å². The molecule has 0 saturated heterocycles. The molecule has 2 heterocycles. The van der Waals surface area contributed by atoms with E-state index in [4.69, 9.17) is 0 Å². The van der Waals surface area contributed by atoms with Crippen molar-refractivity contribution in [2.45, 2.75) is 19.6 Å². The van der Waals surface area contributed by atoms with Crippen LogP contribution in [0.3, 0.4) is 0 Å². The lowest BCUT2D eigenvalue weighted by atomic mass is 10.5. The average molecular weight is 238 g/mol. The second-order valence-electron chi connectivity index (χ2n) is 3.44. The first-order valence-corrected chi connectivity index (χ1v) is 6.36. The summed E-state index contributed by atoms with van der Waals surface area (Å²) < 4.78 is 1.68. The Morgan fingerprint density at radius 1 is 1.50 bits per heavy atom. The third-order valence-electron chi connectivity index (χ3n) is 2.17. The second-order valence-corrected chi connectivity index (χ2v) is 4.59. The van der Waals surface area contributed by atoms with Crippen molar-refractivity contribution in [2.24, 2.45) is 0 Å². The number of fused-ring (bicyclic) bond motifs is 1. The molecule has 2 rings (SSSR count). The number of hydrogen-bond donors (Lipinski definition) is 1. The van der Waals surface area contributed by atoms with Crippen molar-refractivity contribution in [3.63, 3.8) is 0 Å². The fourth-order valence-electron chi connectivity index (χ4n) is 1.42. The van der Waals surface area contributed by atoms with E-state index in [0.29, 0.717) is 16.9 Å². The highest BCUT2D eigenvalue weighted by molar-refractivity contribution is 7.99. The Labute approximate surface area is 97.9 Å². The van der Waals surface area contributed by atoms with E-state index in [9.17, 15) is 5.11 Å². The van der Waals surface area contributed by atoms with Gasteiger partial charge < -0.3 is 5.11 Å². The van der Waals surface area contributed by atoms with E-state index in [-0.39, 0.29) is 0 Å². The molecule has 0 radical (unpaired) electrons. The number of aliphatic hydroxyl groups excluding tert-OH is 1. The molecule has 0 fully saturated rings. The third kappa shape index (κ3) is 2.33. The lowest BCUT2D eigenvalue weighted by Crippen LogP contribution is -2.10. The van der Waals surface area contributed by atoms with Gasteiger partial charge in [0.1, 0.15) is 18.1 Å². The highest BCUT2D eigenvalue weighted by atomic mass is 32.2. The molecular weight excluding hydrogens is 224 g/mol. The molecule has 2 aromatic heterocycles. The molecule has 0 aromatic carbocycles. The van der Waals surface area contributed by atoms with Crippen molar-refractivity contribution in [2.75, 3.05) is 11.5 Å². The summed E-state index contributed by atoms with van der Waals surface area (Å²) in [7, 11) is 0. The predicted molar refractivity (Wildman–Crippen MR) is 64.2 cm³/mol. The Bertz CT molecular complexity index is 459. The molecule has 0 saturated carbocycles. The van der Waals surface area contributed by atoms with Crippen LogP contribution >= 0.6 is 11.8 Å². The van der Waals surface area contributed by atoms with Gasteiger partial charge in [0.2, 0.25) is 0 Å². The molecule has 6 heteroatoms. The molecule has 1 N–H and O–H groups in total. The standard InChI is InChI=1S/C10H14N4OS/c1-2-3-16-5-9(15)14-7-13-8-4-11-6-12-10(8)14/h4,6-7,9,15H,2-3,5H2,1H3. The van der Waals surface area contributed by atoms with Crippen molar-refractivity contribution in [3.05, 3.63) is 18.9 Å². The highest BCUT2D eigenvalue weighted by Crippen LogP contribution is 2.17. The highest BCUT2D eigenvalue weighted by Gasteiger charge is 2.11. The molecule has 1 atom stereocenters. The SMILES string of the molecule is CCCSCC(O)n1cnc2cncnc21. The van der Waals surface area contributed by atoms with Crippen LogP contribution in [0.15, 0.2) is 18.9 Å². The van der Waals surface area contributed by atoms with Crippen LogP contribution in [-0.4, -0.2) is 36.1 Å². The van der Waals surface area contributed by atoms with Crippen molar-refractivity contribution in [1.29, 1.82) is 0 Å². The first-order chi connectivity index (χ1) is 7.83.